The van der Waals surface area contributed by atoms with Crippen molar-refractivity contribution in [3.05, 3.63) is 73.1 Å². The van der Waals surface area contributed by atoms with Gasteiger partial charge in [0.15, 0.2) is 5.65 Å². The standard InChI is InChI=1S/C23H19F3N6O2/c1-2-18(34)31(15-6-4-3-5-7-15)10-11-32-22-19(21(27)28-13-29-22)20(30-32)14-8-9-17(33)16(12-14)23(24,25)26/h2-9,12-13,33H,1,10-11H2,(H2,27,28,29). The van der Waals surface area contributed by atoms with Crippen LogP contribution in [0.3, 0.4) is 0 Å². The van der Waals surface area contributed by atoms with Crippen LogP contribution in [-0.2, 0) is 17.5 Å². The number of carbonyl (C=O) groups is 1. The van der Waals surface area contributed by atoms with Crippen LogP contribution >= 0.6 is 0 Å². The third-order valence-corrected chi connectivity index (χ3v) is 5.18. The highest BCUT2D eigenvalue weighted by Gasteiger charge is 2.34. The van der Waals surface area contributed by atoms with Gasteiger partial charge in [-0.1, -0.05) is 24.8 Å². The van der Waals surface area contributed by atoms with Crippen molar-refractivity contribution in [2.75, 3.05) is 17.2 Å². The van der Waals surface area contributed by atoms with Crippen LogP contribution in [0.5, 0.6) is 5.75 Å². The monoisotopic (exact) mass is 468 g/mol. The third-order valence-electron chi connectivity index (χ3n) is 5.18. The van der Waals surface area contributed by atoms with Crippen molar-refractivity contribution in [3.63, 3.8) is 0 Å². The lowest BCUT2D eigenvalue weighted by Crippen LogP contribution is -2.32. The molecule has 4 rings (SSSR count). The minimum atomic E-state index is -4.76. The van der Waals surface area contributed by atoms with Crippen LogP contribution in [0.25, 0.3) is 22.3 Å². The van der Waals surface area contributed by atoms with E-state index < -0.39 is 17.5 Å². The second-order valence-electron chi connectivity index (χ2n) is 7.29. The predicted molar refractivity (Wildman–Crippen MR) is 121 cm³/mol. The summed E-state index contributed by atoms with van der Waals surface area (Å²) in [5.74, 6) is -1.19. The van der Waals surface area contributed by atoms with E-state index >= 15 is 0 Å². The van der Waals surface area contributed by atoms with Gasteiger partial charge < -0.3 is 15.7 Å². The number of nitrogens with two attached hydrogens (primary N) is 1. The number of phenols is 1. The van der Waals surface area contributed by atoms with E-state index in [2.05, 4.69) is 21.6 Å². The molecule has 2 aromatic heterocycles. The largest absolute Gasteiger partial charge is 0.507 e. The highest BCUT2D eigenvalue weighted by molar-refractivity contribution is 6.01. The Labute approximate surface area is 191 Å². The van der Waals surface area contributed by atoms with Crippen LogP contribution in [-0.4, -0.2) is 37.3 Å². The molecule has 34 heavy (non-hydrogen) atoms. The molecule has 8 nitrogen and oxygen atoms in total. The topological polar surface area (TPSA) is 110 Å². The van der Waals surface area contributed by atoms with Crippen molar-refractivity contribution in [3.8, 4) is 17.0 Å². The average Bonchev–Trinajstić information content (AvgIpc) is 3.19. The first kappa shape index (κ1) is 22.8. The Kier molecular flexibility index (Phi) is 5.93. The van der Waals surface area contributed by atoms with Gasteiger partial charge in [-0.15, -0.1) is 0 Å². The van der Waals surface area contributed by atoms with E-state index in [0.29, 0.717) is 11.3 Å². The maximum Gasteiger partial charge on any atom is 0.419 e. The summed E-state index contributed by atoms with van der Waals surface area (Å²) in [6, 6.07) is 12.0. The highest BCUT2D eigenvalue weighted by atomic mass is 19.4. The second-order valence-corrected chi connectivity index (χ2v) is 7.29. The number of alkyl halides is 3. The van der Waals surface area contributed by atoms with Gasteiger partial charge in [0.05, 0.1) is 17.5 Å². The van der Waals surface area contributed by atoms with Crippen LogP contribution in [0.15, 0.2) is 67.5 Å². The Morgan fingerprint density at radius 2 is 1.91 bits per heavy atom. The zero-order valence-electron chi connectivity index (χ0n) is 17.7. The lowest BCUT2D eigenvalue weighted by Gasteiger charge is -2.21. The van der Waals surface area contributed by atoms with Gasteiger partial charge >= 0.3 is 6.18 Å². The maximum atomic E-state index is 13.3. The van der Waals surface area contributed by atoms with Crippen LogP contribution in [0.1, 0.15) is 5.56 Å². The fourth-order valence-electron chi connectivity index (χ4n) is 3.58. The Morgan fingerprint density at radius 1 is 1.18 bits per heavy atom. The highest BCUT2D eigenvalue weighted by Crippen LogP contribution is 2.39. The Morgan fingerprint density at radius 3 is 2.59 bits per heavy atom. The van der Waals surface area contributed by atoms with Crippen molar-refractivity contribution in [2.24, 2.45) is 0 Å². The van der Waals surface area contributed by atoms with E-state index in [1.54, 1.807) is 24.3 Å². The first-order valence-electron chi connectivity index (χ1n) is 10.1. The summed E-state index contributed by atoms with van der Waals surface area (Å²) >= 11 is 0. The number of aromatic nitrogens is 4. The molecule has 0 unspecified atom stereocenters. The second kappa shape index (κ2) is 8.85. The zero-order valence-corrected chi connectivity index (χ0v) is 17.7. The van der Waals surface area contributed by atoms with Gasteiger partial charge in [-0.3, -0.25) is 4.79 Å². The number of phenolic OH excluding ortho intramolecular Hbond substituents is 1. The summed E-state index contributed by atoms with van der Waals surface area (Å²) in [4.78, 5) is 22.1. The van der Waals surface area contributed by atoms with Crippen molar-refractivity contribution in [1.29, 1.82) is 0 Å². The summed E-state index contributed by atoms with van der Waals surface area (Å²) in [7, 11) is 0. The van der Waals surface area contributed by atoms with Crippen molar-refractivity contribution >= 4 is 28.4 Å². The van der Waals surface area contributed by atoms with Gasteiger partial charge in [-0.2, -0.15) is 18.3 Å². The van der Waals surface area contributed by atoms with E-state index in [0.717, 1.165) is 12.1 Å². The number of aromatic hydroxyl groups is 1. The molecular formula is C23H19F3N6O2. The van der Waals surface area contributed by atoms with Crippen LogP contribution < -0.4 is 10.6 Å². The molecule has 0 saturated heterocycles. The third kappa shape index (κ3) is 4.27. The van der Waals surface area contributed by atoms with E-state index in [9.17, 15) is 23.1 Å². The summed E-state index contributed by atoms with van der Waals surface area (Å²) in [6.45, 7) is 3.88. The van der Waals surface area contributed by atoms with E-state index in [-0.39, 0.29) is 41.5 Å². The number of hydrogen-bond donors (Lipinski definition) is 2. The molecule has 0 fully saturated rings. The summed E-state index contributed by atoms with van der Waals surface area (Å²) < 4.78 is 41.5. The average molecular weight is 468 g/mol. The number of rotatable bonds is 6. The number of para-hydroxylation sites is 1. The van der Waals surface area contributed by atoms with E-state index in [1.165, 1.54) is 28.1 Å². The molecule has 1 amide bonds. The van der Waals surface area contributed by atoms with Crippen LogP contribution in [0.4, 0.5) is 24.7 Å². The molecular weight excluding hydrogens is 449 g/mol. The number of hydrogen-bond acceptors (Lipinski definition) is 6. The summed E-state index contributed by atoms with van der Waals surface area (Å²) in [5.41, 5.74) is 5.97. The molecule has 0 radical (unpaired) electrons. The molecule has 0 aliphatic carbocycles. The van der Waals surface area contributed by atoms with Gasteiger partial charge in [0.1, 0.15) is 23.6 Å². The number of benzene rings is 2. The summed E-state index contributed by atoms with van der Waals surface area (Å²) in [6.07, 6.45) is -2.35. The van der Waals surface area contributed by atoms with Crippen LogP contribution in [0.2, 0.25) is 0 Å². The van der Waals surface area contributed by atoms with E-state index in [1.807, 2.05) is 6.07 Å². The molecule has 0 aliphatic heterocycles. The zero-order chi connectivity index (χ0) is 24.5. The molecule has 174 valence electrons. The molecule has 2 heterocycles. The summed E-state index contributed by atoms with van der Waals surface area (Å²) in [5, 5.41) is 14.4. The molecule has 0 saturated carbocycles. The molecule has 0 bridgehead atoms. The lowest BCUT2D eigenvalue weighted by molar-refractivity contribution is -0.138. The number of amides is 1. The van der Waals surface area contributed by atoms with Gasteiger partial charge in [-0.05, 0) is 36.4 Å². The van der Waals surface area contributed by atoms with Gasteiger partial charge in [-0.25, -0.2) is 14.6 Å². The van der Waals surface area contributed by atoms with Crippen molar-refractivity contribution in [2.45, 2.75) is 12.7 Å². The number of nitrogens with zero attached hydrogens (tertiary/aromatic N) is 5. The predicted octanol–water partition coefficient (Wildman–Crippen LogP) is 4.02. The number of halogens is 3. The number of carbonyl (C=O) groups excluding carboxylic acids is 1. The van der Waals surface area contributed by atoms with Gasteiger partial charge in [0.2, 0.25) is 5.91 Å². The van der Waals surface area contributed by atoms with Gasteiger partial charge in [0, 0.05) is 17.8 Å². The minimum absolute atomic E-state index is 0.0370. The maximum absolute atomic E-state index is 13.3. The molecule has 3 N–H and O–H groups in total. The Hall–Kier alpha value is -4.41. The van der Waals surface area contributed by atoms with Crippen LogP contribution in [0, 0.1) is 0 Å². The number of nitrogen functional groups attached to an aromatic ring is 1. The molecule has 4 aromatic rings. The molecule has 0 atom stereocenters. The first-order valence-corrected chi connectivity index (χ1v) is 10.1. The molecule has 11 heteroatoms. The number of anilines is 2. The lowest BCUT2D eigenvalue weighted by atomic mass is 10.0. The normalized spacial score (nSPS) is 11.5. The fraction of sp³-hybridized carbons (Fsp3) is 0.130. The quantitative estimate of drug-likeness (QED) is 0.414. The molecule has 0 aliphatic rings. The minimum Gasteiger partial charge on any atom is -0.507 e. The van der Waals surface area contributed by atoms with E-state index in [4.69, 9.17) is 5.73 Å². The van der Waals surface area contributed by atoms with Crippen molar-refractivity contribution < 1.29 is 23.1 Å². The Bertz CT molecular complexity index is 1370. The van der Waals surface area contributed by atoms with Crippen molar-refractivity contribution in [1.82, 2.24) is 19.7 Å². The smallest absolute Gasteiger partial charge is 0.419 e. The van der Waals surface area contributed by atoms with Gasteiger partial charge in [0.25, 0.3) is 0 Å². The fourth-order valence-corrected chi connectivity index (χ4v) is 3.58. The number of fused-ring (bicyclic) bond motifs is 1. The molecule has 2 aromatic carbocycles. The Balaban J connectivity index is 1.77. The first-order chi connectivity index (χ1) is 16.2. The SMILES string of the molecule is C=CC(=O)N(CCn1nc(-c2ccc(O)c(C(F)(F)F)c2)c2c(N)ncnc21)c1ccccc1. The molecule has 0 spiro atoms.